The van der Waals surface area contributed by atoms with Gasteiger partial charge in [-0.05, 0) is 19.3 Å². The number of ether oxygens (including phenoxy) is 1. The number of hydrogen-bond acceptors (Lipinski definition) is 2. The van der Waals surface area contributed by atoms with Crippen LogP contribution in [0.15, 0.2) is 0 Å². The van der Waals surface area contributed by atoms with Crippen LogP contribution in [0.2, 0.25) is 0 Å². The van der Waals surface area contributed by atoms with Gasteiger partial charge in [-0.2, -0.15) is 0 Å². The normalized spacial score (nSPS) is 10.1. The Morgan fingerprint density at radius 1 is 1.14 bits per heavy atom. The monoisotopic (exact) mass is 201 g/mol. The molecule has 0 aromatic heterocycles. The summed E-state index contributed by atoms with van der Waals surface area (Å²) < 4.78 is 5.36. The molecule has 0 saturated carbocycles. The Kier molecular flexibility index (Phi) is 10.1. The molecule has 0 atom stereocenters. The number of amides is 1. The third kappa shape index (κ3) is 9.52. The minimum absolute atomic E-state index is 0.154. The lowest BCUT2D eigenvalue weighted by molar-refractivity contribution is -0.121. The van der Waals surface area contributed by atoms with Gasteiger partial charge in [0.1, 0.15) is 0 Å². The molecule has 84 valence electrons. The van der Waals surface area contributed by atoms with Crippen LogP contribution in [0.5, 0.6) is 0 Å². The average molecular weight is 201 g/mol. The molecule has 3 nitrogen and oxygen atoms in total. The fraction of sp³-hybridized carbons (Fsp3) is 0.909. The molecule has 0 spiro atoms. The van der Waals surface area contributed by atoms with Crippen LogP contribution < -0.4 is 5.32 Å². The van der Waals surface area contributed by atoms with Crippen LogP contribution in [-0.2, 0) is 9.53 Å². The molecule has 0 aliphatic carbocycles. The van der Waals surface area contributed by atoms with Crippen molar-refractivity contribution in [3.05, 3.63) is 0 Å². The van der Waals surface area contributed by atoms with Crippen molar-refractivity contribution >= 4 is 5.91 Å². The predicted molar refractivity (Wildman–Crippen MR) is 58.3 cm³/mol. The van der Waals surface area contributed by atoms with Gasteiger partial charge < -0.3 is 10.1 Å². The van der Waals surface area contributed by atoms with Crippen molar-refractivity contribution in [3.8, 4) is 0 Å². The van der Waals surface area contributed by atoms with Gasteiger partial charge in [0, 0.05) is 26.2 Å². The average Bonchev–Trinajstić information content (AvgIpc) is 2.17. The maximum atomic E-state index is 11.0. The first-order chi connectivity index (χ1) is 6.81. The van der Waals surface area contributed by atoms with Gasteiger partial charge in [-0.15, -0.1) is 0 Å². The fourth-order valence-corrected chi connectivity index (χ4v) is 1.07. The molecule has 0 aromatic rings. The maximum absolute atomic E-state index is 11.0. The van der Waals surface area contributed by atoms with E-state index in [1.165, 1.54) is 6.42 Å². The van der Waals surface area contributed by atoms with Crippen LogP contribution in [0.4, 0.5) is 0 Å². The molecule has 0 aliphatic heterocycles. The van der Waals surface area contributed by atoms with E-state index in [0.29, 0.717) is 6.42 Å². The zero-order chi connectivity index (χ0) is 10.6. The van der Waals surface area contributed by atoms with Crippen LogP contribution in [0.3, 0.4) is 0 Å². The third-order valence-corrected chi connectivity index (χ3v) is 1.91. The number of unbranched alkanes of at least 4 members (excludes halogenated alkanes) is 1. The Morgan fingerprint density at radius 2 is 1.86 bits per heavy atom. The number of carbonyl (C=O) groups excluding carboxylic acids is 1. The molecule has 0 aromatic carbocycles. The zero-order valence-corrected chi connectivity index (χ0v) is 9.47. The quantitative estimate of drug-likeness (QED) is 0.580. The topological polar surface area (TPSA) is 38.3 Å². The number of nitrogens with one attached hydrogen (secondary N) is 1. The summed E-state index contributed by atoms with van der Waals surface area (Å²) in [6, 6.07) is 0. The van der Waals surface area contributed by atoms with Gasteiger partial charge in [0.25, 0.3) is 0 Å². The minimum Gasteiger partial charge on any atom is -0.381 e. The van der Waals surface area contributed by atoms with Crippen molar-refractivity contribution in [2.45, 2.75) is 46.0 Å². The molecular formula is C11H23NO2. The summed E-state index contributed by atoms with van der Waals surface area (Å²) in [5.41, 5.74) is 0. The molecule has 0 heterocycles. The van der Waals surface area contributed by atoms with Crippen LogP contribution in [-0.4, -0.2) is 25.7 Å². The minimum atomic E-state index is 0.154. The van der Waals surface area contributed by atoms with Crippen molar-refractivity contribution in [2.24, 2.45) is 0 Å². The van der Waals surface area contributed by atoms with Crippen molar-refractivity contribution in [3.63, 3.8) is 0 Å². The molecular weight excluding hydrogens is 178 g/mol. The maximum Gasteiger partial charge on any atom is 0.219 e. The lowest BCUT2D eigenvalue weighted by atomic mass is 10.3. The second-order valence-corrected chi connectivity index (χ2v) is 3.42. The second-order valence-electron chi connectivity index (χ2n) is 3.42. The van der Waals surface area contributed by atoms with Gasteiger partial charge in [0.05, 0.1) is 0 Å². The Morgan fingerprint density at radius 3 is 2.50 bits per heavy atom. The van der Waals surface area contributed by atoms with Gasteiger partial charge in [-0.3, -0.25) is 4.79 Å². The van der Waals surface area contributed by atoms with E-state index < -0.39 is 0 Å². The van der Waals surface area contributed by atoms with Crippen molar-refractivity contribution < 1.29 is 9.53 Å². The van der Waals surface area contributed by atoms with Gasteiger partial charge >= 0.3 is 0 Å². The first kappa shape index (κ1) is 13.4. The third-order valence-electron chi connectivity index (χ3n) is 1.91. The van der Waals surface area contributed by atoms with E-state index >= 15 is 0 Å². The second kappa shape index (κ2) is 10.5. The molecule has 14 heavy (non-hydrogen) atoms. The molecule has 0 aliphatic rings. The van der Waals surface area contributed by atoms with E-state index in [0.717, 1.165) is 39.0 Å². The molecule has 1 amide bonds. The number of rotatable bonds is 9. The van der Waals surface area contributed by atoms with Crippen LogP contribution in [0, 0.1) is 0 Å². The molecule has 3 heteroatoms. The van der Waals surface area contributed by atoms with E-state index in [9.17, 15) is 4.79 Å². The summed E-state index contributed by atoms with van der Waals surface area (Å²) in [4.78, 5) is 11.0. The first-order valence-electron chi connectivity index (χ1n) is 5.65. The van der Waals surface area contributed by atoms with Crippen molar-refractivity contribution in [2.75, 3.05) is 19.8 Å². The lowest BCUT2D eigenvalue weighted by Crippen LogP contribution is -2.24. The van der Waals surface area contributed by atoms with E-state index in [1.807, 2.05) is 6.92 Å². The summed E-state index contributed by atoms with van der Waals surface area (Å²) in [5, 5.41) is 2.86. The zero-order valence-electron chi connectivity index (χ0n) is 9.47. The van der Waals surface area contributed by atoms with Gasteiger partial charge in [-0.25, -0.2) is 0 Å². The van der Waals surface area contributed by atoms with E-state index in [4.69, 9.17) is 4.74 Å². The van der Waals surface area contributed by atoms with Crippen LogP contribution in [0.25, 0.3) is 0 Å². The van der Waals surface area contributed by atoms with E-state index in [-0.39, 0.29) is 5.91 Å². The molecule has 0 saturated heterocycles. The molecule has 0 rings (SSSR count). The standard InChI is InChI=1S/C11H23NO2/c1-3-5-9-14-10-6-8-12-11(13)7-4-2/h3-10H2,1-2H3,(H,12,13). The van der Waals surface area contributed by atoms with E-state index in [1.54, 1.807) is 0 Å². The first-order valence-corrected chi connectivity index (χ1v) is 5.65. The van der Waals surface area contributed by atoms with Crippen LogP contribution in [0.1, 0.15) is 46.0 Å². The molecule has 0 fully saturated rings. The van der Waals surface area contributed by atoms with Gasteiger partial charge in [0.15, 0.2) is 0 Å². The lowest BCUT2D eigenvalue weighted by Gasteiger charge is -2.04. The Hall–Kier alpha value is -0.570. The Labute approximate surface area is 87.2 Å². The summed E-state index contributed by atoms with van der Waals surface area (Å²) in [5.74, 6) is 0.154. The highest BCUT2D eigenvalue weighted by Crippen LogP contribution is 1.90. The number of carbonyl (C=O) groups is 1. The highest BCUT2D eigenvalue weighted by Gasteiger charge is 1.96. The van der Waals surface area contributed by atoms with Gasteiger partial charge in [-0.1, -0.05) is 20.3 Å². The molecule has 0 radical (unpaired) electrons. The Bertz CT molecular complexity index is 137. The molecule has 0 unspecified atom stereocenters. The fourth-order valence-electron chi connectivity index (χ4n) is 1.07. The summed E-state index contributed by atoms with van der Waals surface area (Å²) in [6.45, 7) is 6.50. The predicted octanol–water partition coefficient (Wildman–Crippen LogP) is 2.11. The molecule has 1 N–H and O–H groups in total. The largest absolute Gasteiger partial charge is 0.381 e. The highest BCUT2D eigenvalue weighted by molar-refractivity contribution is 5.75. The SMILES string of the molecule is CCCCOCCCNC(=O)CCC. The van der Waals surface area contributed by atoms with E-state index in [2.05, 4.69) is 12.2 Å². The van der Waals surface area contributed by atoms with Gasteiger partial charge in [0.2, 0.25) is 5.91 Å². The van der Waals surface area contributed by atoms with Crippen molar-refractivity contribution in [1.82, 2.24) is 5.32 Å². The molecule has 0 bridgehead atoms. The van der Waals surface area contributed by atoms with Crippen LogP contribution >= 0.6 is 0 Å². The van der Waals surface area contributed by atoms with Crippen molar-refractivity contribution in [1.29, 1.82) is 0 Å². The highest BCUT2D eigenvalue weighted by atomic mass is 16.5. The summed E-state index contributed by atoms with van der Waals surface area (Å²) in [6.07, 6.45) is 4.77. The summed E-state index contributed by atoms with van der Waals surface area (Å²) in [7, 11) is 0. The number of hydrogen-bond donors (Lipinski definition) is 1. The summed E-state index contributed by atoms with van der Waals surface area (Å²) >= 11 is 0. The smallest absolute Gasteiger partial charge is 0.219 e. The Balaban J connectivity index is 3.01.